The summed E-state index contributed by atoms with van der Waals surface area (Å²) in [5.74, 6) is 0.741. The van der Waals surface area contributed by atoms with E-state index in [-0.39, 0.29) is 5.91 Å². The molecule has 1 heterocycles. The molecular weight excluding hydrogens is 206 g/mol. The summed E-state index contributed by atoms with van der Waals surface area (Å²) >= 11 is 1.55. The first-order valence-corrected chi connectivity index (χ1v) is 5.94. The Hall–Kier alpha value is -1.22. The number of carbonyl (C=O) groups excluding carboxylic acids is 1. The van der Waals surface area contributed by atoms with Crippen LogP contribution in [0, 0.1) is 6.92 Å². The van der Waals surface area contributed by atoms with Gasteiger partial charge in [-0.2, -0.15) is 0 Å². The van der Waals surface area contributed by atoms with Crippen LogP contribution in [0.4, 0.5) is 0 Å². The number of hydrogen-bond acceptors (Lipinski definition) is 2. The number of nitrogens with zero attached hydrogens (tertiary/aromatic N) is 1. The Balaban J connectivity index is 2.07. The highest BCUT2D eigenvalue weighted by Gasteiger charge is 2.13. The molecule has 0 atom stereocenters. The number of carbonyl (C=O) groups is 1. The van der Waals surface area contributed by atoms with E-state index in [1.54, 1.807) is 16.7 Å². The largest absolute Gasteiger partial charge is 0.313 e. The SMILES string of the molecule is Cc1ccc(CN2C=CSCC2=O)cc1. The van der Waals surface area contributed by atoms with Crippen LogP contribution in [0.15, 0.2) is 35.9 Å². The Labute approximate surface area is 94.0 Å². The molecule has 0 radical (unpaired) electrons. The molecule has 15 heavy (non-hydrogen) atoms. The minimum absolute atomic E-state index is 0.183. The van der Waals surface area contributed by atoms with E-state index in [9.17, 15) is 4.79 Å². The van der Waals surface area contributed by atoms with E-state index in [2.05, 4.69) is 31.2 Å². The van der Waals surface area contributed by atoms with E-state index >= 15 is 0 Å². The number of hydrogen-bond donors (Lipinski definition) is 0. The Morgan fingerprint density at radius 1 is 1.33 bits per heavy atom. The van der Waals surface area contributed by atoms with Crippen LogP contribution in [-0.2, 0) is 11.3 Å². The summed E-state index contributed by atoms with van der Waals surface area (Å²) in [7, 11) is 0. The molecule has 1 aliphatic heterocycles. The summed E-state index contributed by atoms with van der Waals surface area (Å²) in [5.41, 5.74) is 2.42. The van der Waals surface area contributed by atoms with Gasteiger partial charge in [-0.05, 0) is 17.9 Å². The van der Waals surface area contributed by atoms with Crippen molar-refractivity contribution in [2.45, 2.75) is 13.5 Å². The van der Waals surface area contributed by atoms with Gasteiger partial charge in [-0.15, -0.1) is 11.8 Å². The van der Waals surface area contributed by atoms with Crippen LogP contribution >= 0.6 is 11.8 Å². The molecule has 1 amide bonds. The Morgan fingerprint density at radius 2 is 2.07 bits per heavy atom. The zero-order valence-electron chi connectivity index (χ0n) is 8.64. The molecular formula is C12H13NOS. The fraction of sp³-hybridized carbons (Fsp3) is 0.250. The van der Waals surface area contributed by atoms with Crippen LogP contribution in [0.1, 0.15) is 11.1 Å². The third-order valence-electron chi connectivity index (χ3n) is 2.34. The van der Waals surface area contributed by atoms with Crippen LogP contribution in [0.2, 0.25) is 0 Å². The van der Waals surface area contributed by atoms with Gasteiger partial charge in [-0.25, -0.2) is 0 Å². The topological polar surface area (TPSA) is 20.3 Å². The highest BCUT2D eigenvalue weighted by Crippen LogP contribution is 2.15. The van der Waals surface area contributed by atoms with E-state index in [0.717, 1.165) is 0 Å². The lowest BCUT2D eigenvalue weighted by Crippen LogP contribution is -2.28. The molecule has 0 saturated carbocycles. The van der Waals surface area contributed by atoms with Crippen LogP contribution < -0.4 is 0 Å². The van der Waals surface area contributed by atoms with Gasteiger partial charge in [-0.1, -0.05) is 29.8 Å². The fourth-order valence-corrected chi connectivity index (χ4v) is 2.07. The van der Waals surface area contributed by atoms with E-state index < -0.39 is 0 Å². The second kappa shape index (κ2) is 4.53. The molecule has 3 heteroatoms. The van der Waals surface area contributed by atoms with Gasteiger partial charge in [0.05, 0.1) is 12.3 Å². The fourth-order valence-electron chi connectivity index (χ4n) is 1.43. The summed E-state index contributed by atoms with van der Waals surface area (Å²) in [6, 6.07) is 8.28. The standard InChI is InChI=1S/C12H13NOS/c1-10-2-4-11(5-3-10)8-13-6-7-15-9-12(13)14/h2-7H,8-9H2,1H3. The van der Waals surface area contributed by atoms with Gasteiger partial charge in [0, 0.05) is 6.20 Å². The van der Waals surface area contributed by atoms with Crippen LogP contribution in [0.25, 0.3) is 0 Å². The number of benzene rings is 1. The monoisotopic (exact) mass is 219 g/mol. The molecule has 0 bridgehead atoms. The maximum absolute atomic E-state index is 11.5. The number of amides is 1. The zero-order chi connectivity index (χ0) is 10.7. The molecule has 0 fully saturated rings. The van der Waals surface area contributed by atoms with Crippen molar-refractivity contribution in [1.82, 2.24) is 4.90 Å². The Morgan fingerprint density at radius 3 is 2.73 bits per heavy atom. The highest BCUT2D eigenvalue weighted by atomic mass is 32.2. The van der Waals surface area contributed by atoms with Crippen LogP contribution in [0.5, 0.6) is 0 Å². The molecule has 0 saturated heterocycles. The van der Waals surface area contributed by atoms with E-state index in [0.29, 0.717) is 12.3 Å². The van der Waals surface area contributed by atoms with Crippen molar-refractivity contribution in [3.8, 4) is 0 Å². The molecule has 2 nitrogen and oxygen atoms in total. The zero-order valence-corrected chi connectivity index (χ0v) is 9.46. The van der Waals surface area contributed by atoms with Crippen molar-refractivity contribution in [3.63, 3.8) is 0 Å². The van der Waals surface area contributed by atoms with Crippen molar-refractivity contribution >= 4 is 17.7 Å². The first-order valence-electron chi connectivity index (χ1n) is 4.89. The molecule has 0 N–H and O–H groups in total. The summed E-state index contributed by atoms with van der Waals surface area (Å²) in [4.78, 5) is 13.3. The average molecular weight is 219 g/mol. The second-order valence-electron chi connectivity index (χ2n) is 3.60. The normalized spacial score (nSPS) is 15.8. The lowest BCUT2D eigenvalue weighted by atomic mass is 10.1. The summed E-state index contributed by atoms with van der Waals surface area (Å²) in [5, 5.41) is 1.97. The summed E-state index contributed by atoms with van der Waals surface area (Å²) in [6.07, 6.45) is 1.86. The van der Waals surface area contributed by atoms with Crippen molar-refractivity contribution in [3.05, 3.63) is 47.0 Å². The van der Waals surface area contributed by atoms with Crippen molar-refractivity contribution in [2.24, 2.45) is 0 Å². The Kier molecular flexibility index (Phi) is 3.11. The third kappa shape index (κ3) is 2.63. The lowest BCUT2D eigenvalue weighted by molar-refractivity contribution is -0.126. The molecule has 0 spiro atoms. The van der Waals surface area contributed by atoms with Gasteiger partial charge in [0.2, 0.25) is 5.91 Å². The van der Waals surface area contributed by atoms with Crippen molar-refractivity contribution in [2.75, 3.05) is 5.75 Å². The van der Waals surface area contributed by atoms with Gasteiger partial charge >= 0.3 is 0 Å². The Bertz CT molecular complexity index is 383. The van der Waals surface area contributed by atoms with Gasteiger partial charge in [-0.3, -0.25) is 4.79 Å². The van der Waals surface area contributed by atoms with E-state index in [1.807, 2.05) is 11.6 Å². The highest BCUT2D eigenvalue weighted by molar-refractivity contribution is 8.02. The molecule has 0 aliphatic carbocycles. The van der Waals surface area contributed by atoms with E-state index in [1.165, 1.54) is 11.1 Å². The predicted octanol–water partition coefficient (Wildman–Crippen LogP) is 2.54. The number of aryl methyl sites for hydroxylation is 1. The first kappa shape index (κ1) is 10.3. The van der Waals surface area contributed by atoms with Crippen molar-refractivity contribution in [1.29, 1.82) is 0 Å². The summed E-state index contributed by atoms with van der Waals surface area (Å²) < 4.78 is 0. The second-order valence-corrected chi connectivity index (χ2v) is 4.50. The molecule has 0 aromatic heterocycles. The summed E-state index contributed by atoms with van der Waals surface area (Å²) in [6.45, 7) is 2.74. The van der Waals surface area contributed by atoms with Gasteiger partial charge in [0.25, 0.3) is 0 Å². The van der Waals surface area contributed by atoms with Crippen LogP contribution in [-0.4, -0.2) is 16.6 Å². The van der Waals surface area contributed by atoms with Crippen LogP contribution in [0.3, 0.4) is 0 Å². The quantitative estimate of drug-likeness (QED) is 0.762. The average Bonchev–Trinajstić information content (AvgIpc) is 2.25. The van der Waals surface area contributed by atoms with Gasteiger partial charge in [0.1, 0.15) is 0 Å². The number of thioether (sulfide) groups is 1. The van der Waals surface area contributed by atoms with Gasteiger partial charge < -0.3 is 4.90 Å². The predicted molar refractivity (Wildman–Crippen MR) is 63.3 cm³/mol. The maximum atomic E-state index is 11.5. The van der Waals surface area contributed by atoms with Gasteiger partial charge in [0.15, 0.2) is 0 Å². The minimum atomic E-state index is 0.183. The van der Waals surface area contributed by atoms with E-state index in [4.69, 9.17) is 0 Å². The molecule has 1 aliphatic rings. The molecule has 78 valence electrons. The lowest BCUT2D eigenvalue weighted by Gasteiger charge is -2.21. The third-order valence-corrected chi connectivity index (χ3v) is 3.07. The van der Waals surface area contributed by atoms with Crippen molar-refractivity contribution < 1.29 is 4.79 Å². The minimum Gasteiger partial charge on any atom is -0.313 e. The number of rotatable bonds is 2. The molecule has 0 unspecified atom stereocenters. The molecule has 1 aromatic rings. The molecule has 2 rings (SSSR count). The smallest absolute Gasteiger partial charge is 0.237 e. The first-order chi connectivity index (χ1) is 7.25. The maximum Gasteiger partial charge on any atom is 0.237 e. The molecule has 1 aromatic carbocycles.